The van der Waals surface area contributed by atoms with Gasteiger partial charge in [-0.15, -0.1) is 0 Å². The Labute approximate surface area is 124 Å². The van der Waals surface area contributed by atoms with Crippen LogP contribution in [-0.4, -0.2) is 39.9 Å². The topological polar surface area (TPSA) is 33.1 Å². The lowest BCUT2D eigenvalue weighted by Crippen LogP contribution is -2.55. The van der Waals surface area contributed by atoms with Gasteiger partial charge in [-0.3, -0.25) is 9.58 Å². The second kappa shape index (κ2) is 6.37. The van der Waals surface area contributed by atoms with E-state index in [1.54, 1.807) is 0 Å². The summed E-state index contributed by atoms with van der Waals surface area (Å²) >= 11 is 3.68. The third-order valence-corrected chi connectivity index (χ3v) is 5.22. The maximum Gasteiger partial charge on any atom is 0.0739 e. The number of aryl methyl sites for hydroxylation is 2. The number of halogens is 1. The minimum absolute atomic E-state index is 0.621. The largest absolute Gasteiger partial charge is 0.311 e. The Balaban J connectivity index is 2.14. The molecule has 1 fully saturated rings. The van der Waals surface area contributed by atoms with Crippen molar-refractivity contribution in [2.45, 2.75) is 52.2 Å². The van der Waals surface area contributed by atoms with Crippen molar-refractivity contribution in [2.75, 3.05) is 13.1 Å². The normalized spacial score (nSPS) is 24.9. The standard InChI is InChI=1S/C14H25BrN4/c1-5-11-8-19(12(6-2)7-16-11)9-13-14(15)10(3)17-18(13)4/h11-12,16H,5-9H2,1-4H3. The molecule has 5 heteroatoms. The molecule has 108 valence electrons. The van der Waals surface area contributed by atoms with Gasteiger partial charge in [0.1, 0.15) is 0 Å². The van der Waals surface area contributed by atoms with E-state index >= 15 is 0 Å². The van der Waals surface area contributed by atoms with Gasteiger partial charge in [-0.05, 0) is 35.7 Å². The van der Waals surface area contributed by atoms with Crippen LogP contribution in [-0.2, 0) is 13.6 Å². The number of aromatic nitrogens is 2. The number of hydrogen-bond acceptors (Lipinski definition) is 3. The van der Waals surface area contributed by atoms with Gasteiger partial charge in [-0.25, -0.2) is 0 Å². The zero-order valence-electron chi connectivity index (χ0n) is 12.4. The SMILES string of the molecule is CCC1CN(Cc2c(Br)c(C)nn2C)C(CC)CN1. The first-order chi connectivity index (χ1) is 9.06. The molecule has 0 radical (unpaired) electrons. The third kappa shape index (κ3) is 3.20. The summed E-state index contributed by atoms with van der Waals surface area (Å²) in [5, 5.41) is 8.14. The molecule has 0 aromatic carbocycles. The van der Waals surface area contributed by atoms with Gasteiger partial charge in [0, 0.05) is 38.8 Å². The lowest BCUT2D eigenvalue weighted by atomic mass is 10.0. The molecule has 2 heterocycles. The Morgan fingerprint density at radius 3 is 2.63 bits per heavy atom. The maximum atomic E-state index is 4.49. The summed E-state index contributed by atoms with van der Waals surface area (Å²) in [6, 6.07) is 1.25. The molecule has 19 heavy (non-hydrogen) atoms. The van der Waals surface area contributed by atoms with Gasteiger partial charge in [0.05, 0.1) is 15.9 Å². The number of piperazine rings is 1. The molecule has 1 aliphatic heterocycles. The zero-order valence-corrected chi connectivity index (χ0v) is 14.0. The number of hydrogen-bond donors (Lipinski definition) is 1. The molecular weight excluding hydrogens is 304 g/mol. The summed E-state index contributed by atoms with van der Waals surface area (Å²) in [6.45, 7) is 9.79. The van der Waals surface area contributed by atoms with Crippen LogP contribution >= 0.6 is 15.9 Å². The molecule has 1 aliphatic rings. The number of nitrogens with zero attached hydrogens (tertiary/aromatic N) is 3. The average Bonchev–Trinajstić information content (AvgIpc) is 2.65. The molecule has 2 atom stereocenters. The first-order valence-electron chi connectivity index (χ1n) is 7.22. The zero-order chi connectivity index (χ0) is 14.0. The maximum absolute atomic E-state index is 4.49. The predicted molar refractivity (Wildman–Crippen MR) is 82.2 cm³/mol. The quantitative estimate of drug-likeness (QED) is 0.921. The summed E-state index contributed by atoms with van der Waals surface area (Å²) in [5.41, 5.74) is 2.36. The highest BCUT2D eigenvalue weighted by molar-refractivity contribution is 9.10. The van der Waals surface area contributed by atoms with E-state index in [0.29, 0.717) is 12.1 Å². The molecule has 1 saturated heterocycles. The van der Waals surface area contributed by atoms with Crippen LogP contribution in [0.3, 0.4) is 0 Å². The van der Waals surface area contributed by atoms with E-state index in [2.05, 4.69) is 52.0 Å². The smallest absolute Gasteiger partial charge is 0.0739 e. The van der Waals surface area contributed by atoms with Crippen molar-refractivity contribution in [1.29, 1.82) is 0 Å². The second-order valence-electron chi connectivity index (χ2n) is 5.47. The summed E-state index contributed by atoms with van der Waals surface area (Å²) < 4.78 is 3.17. The van der Waals surface area contributed by atoms with E-state index in [-0.39, 0.29) is 0 Å². The van der Waals surface area contributed by atoms with Crippen LogP contribution in [0.4, 0.5) is 0 Å². The fraction of sp³-hybridized carbons (Fsp3) is 0.786. The van der Waals surface area contributed by atoms with E-state index in [9.17, 15) is 0 Å². The van der Waals surface area contributed by atoms with E-state index in [0.717, 1.165) is 29.8 Å². The van der Waals surface area contributed by atoms with E-state index in [1.807, 2.05) is 11.7 Å². The van der Waals surface area contributed by atoms with Gasteiger partial charge in [0.15, 0.2) is 0 Å². The van der Waals surface area contributed by atoms with Crippen LogP contribution in [0.25, 0.3) is 0 Å². The van der Waals surface area contributed by atoms with Crippen molar-refractivity contribution in [3.05, 3.63) is 15.9 Å². The molecule has 2 unspecified atom stereocenters. The van der Waals surface area contributed by atoms with Crippen LogP contribution in [0.5, 0.6) is 0 Å². The molecular formula is C14H25BrN4. The van der Waals surface area contributed by atoms with Gasteiger partial charge < -0.3 is 5.32 Å². The van der Waals surface area contributed by atoms with Gasteiger partial charge >= 0.3 is 0 Å². The van der Waals surface area contributed by atoms with Crippen molar-refractivity contribution >= 4 is 15.9 Å². The first kappa shape index (κ1) is 15.0. The molecule has 4 nitrogen and oxygen atoms in total. The third-order valence-electron chi connectivity index (χ3n) is 4.19. The Kier molecular flexibility index (Phi) is 5.03. The van der Waals surface area contributed by atoms with Gasteiger partial charge in [0.2, 0.25) is 0 Å². The Morgan fingerprint density at radius 2 is 2.11 bits per heavy atom. The van der Waals surface area contributed by atoms with Gasteiger partial charge in [-0.1, -0.05) is 13.8 Å². The molecule has 1 N–H and O–H groups in total. The minimum atomic E-state index is 0.621. The van der Waals surface area contributed by atoms with Crippen LogP contribution in [0.1, 0.15) is 38.1 Å². The summed E-state index contributed by atoms with van der Waals surface area (Å²) in [4.78, 5) is 2.60. The highest BCUT2D eigenvalue weighted by Crippen LogP contribution is 2.24. The Hall–Kier alpha value is -0.390. The fourth-order valence-electron chi connectivity index (χ4n) is 2.84. The molecule has 0 aliphatic carbocycles. The van der Waals surface area contributed by atoms with Crippen LogP contribution in [0, 0.1) is 6.92 Å². The van der Waals surface area contributed by atoms with Crippen molar-refractivity contribution in [3.63, 3.8) is 0 Å². The molecule has 0 bridgehead atoms. The molecule has 0 saturated carbocycles. The second-order valence-corrected chi connectivity index (χ2v) is 6.27. The molecule has 1 aromatic rings. The number of nitrogens with one attached hydrogen (secondary N) is 1. The fourth-order valence-corrected chi connectivity index (χ4v) is 3.30. The average molecular weight is 329 g/mol. The van der Waals surface area contributed by atoms with E-state index in [1.165, 1.54) is 18.5 Å². The van der Waals surface area contributed by atoms with Crippen LogP contribution in [0.2, 0.25) is 0 Å². The van der Waals surface area contributed by atoms with Crippen molar-refractivity contribution < 1.29 is 0 Å². The predicted octanol–water partition coefficient (Wildman–Crippen LogP) is 2.45. The summed E-state index contributed by atoms with van der Waals surface area (Å²) in [6.07, 6.45) is 2.39. The van der Waals surface area contributed by atoms with Gasteiger partial charge in [-0.2, -0.15) is 5.10 Å². The summed E-state index contributed by atoms with van der Waals surface area (Å²) in [7, 11) is 2.04. The van der Waals surface area contributed by atoms with Crippen molar-refractivity contribution in [1.82, 2.24) is 20.0 Å². The monoisotopic (exact) mass is 328 g/mol. The molecule has 0 spiro atoms. The van der Waals surface area contributed by atoms with Crippen molar-refractivity contribution in [2.24, 2.45) is 7.05 Å². The van der Waals surface area contributed by atoms with Crippen LogP contribution < -0.4 is 5.32 Å². The lowest BCUT2D eigenvalue weighted by molar-refractivity contribution is 0.114. The summed E-state index contributed by atoms with van der Waals surface area (Å²) in [5.74, 6) is 0. The molecule has 1 aromatic heterocycles. The van der Waals surface area contributed by atoms with E-state index in [4.69, 9.17) is 0 Å². The van der Waals surface area contributed by atoms with E-state index < -0.39 is 0 Å². The minimum Gasteiger partial charge on any atom is -0.311 e. The number of rotatable bonds is 4. The highest BCUT2D eigenvalue weighted by Gasteiger charge is 2.27. The van der Waals surface area contributed by atoms with Crippen LogP contribution in [0.15, 0.2) is 4.47 Å². The Bertz CT molecular complexity index is 429. The molecule has 2 rings (SSSR count). The lowest BCUT2D eigenvalue weighted by Gasteiger charge is -2.40. The van der Waals surface area contributed by atoms with Gasteiger partial charge in [0.25, 0.3) is 0 Å². The molecule has 0 amide bonds. The highest BCUT2D eigenvalue weighted by atomic mass is 79.9. The Morgan fingerprint density at radius 1 is 1.37 bits per heavy atom. The first-order valence-corrected chi connectivity index (χ1v) is 8.01. The van der Waals surface area contributed by atoms with Crippen molar-refractivity contribution in [3.8, 4) is 0 Å².